The molecule has 0 radical (unpaired) electrons. The third-order valence-electron chi connectivity index (χ3n) is 1.63. The molecule has 3 nitrogen and oxygen atoms in total. The maximum absolute atomic E-state index is 5.84. The molecule has 0 amide bonds. The van der Waals surface area contributed by atoms with Crippen LogP contribution in [-0.4, -0.2) is 15.4 Å². The van der Waals surface area contributed by atoms with Gasteiger partial charge in [0.25, 0.3) is 0 Å². The van der Waals surface area contributed by atoms with E-state index in [1.807, 2.05) is 6.07 Å². The maximum Gasteiger partial charge on any atom is 0.112 e. The number of H-pyrrole nitrogens is 1. The number of rotatable bonds is 1. The number of aromatic nitrogens is 3. The van der Waals surface area contributed by atoms with Crippen LogP contribution in [0.25, 0.3) is 11.3 Å². The lowest BCUT2D eigenvalue weighted by Gasteiger charge is -1.97. The van der Waals surface area contributed by atoms with Crippen molar-refractivity contribution >= 4 is 23.2 Å². The van der Waals surface area contributed by atoms with Crippen LogP contribution in [0.3, 0.4) is 0 Å². The first-order valence-electron chi connectivity index (χ1n) is 3.59. The molecule has 1 N–H and O–H groups in total. The van der Waals surface area contributed by atoms with E-state index in [1.54, 1.807) is 18.3 Å². The summed E-state index contributed by atoms with van der Waals surface area (Å²) in [4.78, 5) is 0. The second-order valence-electron chi connectivity index (χ2n) is 2.49. The topological polar surface area (TPSA) is 41.6 Å². The molecule has 1 aromatic heterocycles. The van der Waals surface area contributed by atoms with Crippen LogP contribution in [-0.2, 0) is 0 Å². The SMILES string of the molecule is Clc1ccc(-c2c[nH]nn2)cc1Cl. The molecule has 0 spiro atoms. The second-order valence-corrected chi connectivity index (χ2v) is 3.30. The van der Waals surface area contributed by atoms with Crippen LogP contribution < -0.4 is 0 Å². The summed E-state index contributed by atoms with van der Waals surface area (Å²) in [6.07, 6.45) is 1.69. The summed E-state index contributed by atoms with van der Waals surface area (Å²) in [7, 11) is 0. The summed E-state index contributed by atoms with van der Waals surface area (Å²) >= 11 is 11.6. The van der Waals surface area contributed by atoms with E-state index in [4.69, 9.17) is 23.2 Å². The van der Waals surface area contributed by atoms with E-state index in [9.17, 15) is 0 Å². The van der Waals surface area contributed by atoms with Crippen molar-refractivity contribution in [3.05, 3.63) is 34.4 Å². The molecule has 66 valence electrons. The fourth-order valence-electron chi connectivity index (χ4n) is 0.998. The van der Waals surface area contributed by atoms with E-state index >= 15 is 0 Å². The highest BCUT2D eigenvalue weighted by molar-refractivity contribution is 6.42. The predicted molar refractivity (Wildman–Crippen MR) is 51.8 cm³/mol. The molecule has 0 aliphatic carbocycles. The van der Waals surface area contributed by atoms with Gasteiger partial charge in [-0.2, -0.15) is 0 Å². The second kappa shape index (κ2) is 3.36. The zero-order valence-corrected chi connectivity index (χ0v) is 7.97. The Labute approximate surface area is 84.7 Å². The first-order valence-corrected chi connectivity index (χ1v) is 4.35. The van der Waals surface area contributed by atoms with Gasteiger partial charge in [-0.25, -0.2) is 0 Å². The van der Waals surface area contributed by atoms with Crippen LogP contribution >= 0.6 is 23.2 Å². The van der Waals surface area contributed by atoms with Crippen LogP contribution in [0.1, 0.15) is 0 Å². The molecule has 0 aliphatic heterocycles. The van der Waals surface area contributed by atoms with E-state index in [1.165, 1.54) is 0 Å². The van der Waals surface area contributed by atoms with Crippen molar-refractivity contribution in [3.8, 4) is 11.3 Å². The van der Waals surface area contributed by atoms with Gasteiger partial charge in [0.2, 0.25) is 0 Å². The summed E-state index contributed by atoms with van der Waals surface area (Å²) in [6, 6.07) is 5.32. The first kappa shape index (κ1) is 8.53. The molecule has 5 heteroatoms. The van der Waals surface area contributed by atoms with Gasteiger partial charge in [0, 0.05) is 11.8 Å². The Bertz CT molecular complexity index is 411. The summed E-state index contributed by atoms with van der Waals surface area (Å²) in [5, 5.41) is 11.1. The van der Waals surface area contributed by atoms with Crippen molar-refractivity contribution in [1.29, 1.82) is 0 Å². The molecular weight excluding hydrogens is 209 g/mol. The Morgan fingerprint density at radius 1 is 1.15 bits per heavy atom. The van der Waals surface area contributed by atoms with Gasteiger partial charge in [-0.3, -0.25) is 5.10 Å². The Hall–Kier alpha value is -1.06. The fourth-order valence-corrected chi connectivity index (χ4v) is 1.30. The zero-order valence-electron chi connectivity index (χ0n) is 6.46. The minimum absolute atomic E-state index is 0.516. The molecular formula is C8H5Cl2N3. The van der Waals surface area contributed by atoms with E-state index in [0.717, 1.165) is 11.3 Å². The number of nitrogens with zero attached hydrogens (tertiary/aromatic N) is 2. The van der Waals surface area contributed by atoms with E-state index in [0.29, 0.717) is 10.0 Å². The Morgan fingerprint density at radius 2 is 2.00 bits per heavy atom. The minimum atomic E-state index is 0.516. The highest BCUT2D eigenvalue weighted by Crippen LogP contribution is 2.26. The lowest BCUT2D eigenvalue weighted by Crippen LogP contribution is -1.78. The summed E-state index contributed by atoms with van der Waals surface area (Å²) in [6.45, 7) is 0. The fraction of sp³-hybridized carbons (Fsp3) is 0. The smallest absolute Gasteiger partial charge is 0.112 e. The van der Waals surface area contributed by atoms with Gasteiger partial charge in [0.15, 0.2) is 0 Å². The lowest BCUT2D eigenvalue weighted by molar-refractivity contribution is 0.942. The van der Waals surface area contributed by atoms with Crippen LogP contribution in [0.5, 0.6) is 0 Å². The molecule has 0 aliphatic rings. The van der Waals surface area contributed by atoms with Crippen molar-refractivity contribution < 1.29 is 0 Å². The Morgan fingerprint density at radius 3 is 2.62 bits per heavy atom. The van der Waals surface area contributed by atoms with Gasteiger partial charge < -0.3 is 0 Å². The number of hydrogen-bond donors (Lipinski definition) is 1. The third-order valence-corrected chi connectivity index (χ3v) is 2.37. The highest BCUT2D eigenvalue weighted by Gasteiger charge is 2.03. The molecule has 2 rings (SSSR count). The molecule has 0 atom stereocenters. The van der Waals surface area contributed by atoms with Crippen molar-refractivity contribution in [2.24, 2.45) is 0 Å². The standard InChI is InChI=1S/C8H5Cl2N3/c9-6-2-1-5(3-7(6)10)8-4-11-13-12-8/h1-4H,(H,11,12,13). The lowest BCUT2D eigenvalue weighted by atomic mass is 10.2. The van der Waals surface area contributed by atoms with Crippen LogP contribution in [0.4, 0.5) is 0 Å². The van der Waals surface area contributed by atoms with Crippen molar-refractivity contribution in [1.82, 2.24) is 15.4 Å². The monoisotopic (exact) mass is 213 g/mol. The largest absolute Gasteiger partial charge is 0.265 e. The van der Waals surface area contributed by atoms with Crippen molar-refractivity contribution in [2.75, 3.05) is 0 Å². The first-order chi connectivity index (χ1) is 6.27. The van der Waals surface area contributed by atoms with Crippen LogP contribution in [0.2, 0.25) is 10.0 Å². The van der Waals surface area contributed by atoms with E-state index in [2.05, 4.69) is 15.4 Å². The Balaban J connectivity index is 2.49. The number of halogens is 2. The van der Waals surface area contributed by atoms with Gasteiger partial charge in [0.1, 0.15) is 5.69 Å². The average molecular weight is 214 g/mol. The maximum atomic E-state index is 5.84. The third kappa shape index (κ3) is 1.66. The summed E-state index contributed by atoms with van der Waals surface area (Å²) < 4.78 is 0. The number of benzene rings is 1. The summed E-state index contributed by atoms with van der Waals surface area (Å²) in [5.74, 6) is 0. The van der Waals surface area contributed by atoms with Gasteiger partial charge in [-0.05, 0) is 12.1 Å². The van der Waals surface area contributed by atoms with Gasteiger partial charge in [-0.15, -0.1) is 5.10 Å². The van der Waals surface area contributed by atoms with Gasteiger partial charge >= 0.3 is 0 Å². The molecule has 0 saturated carbocycles. The Kier molecular flexibility index (Phi) is 2.20. The summed E-state index contributed by atoms with van der Waals surface area (Å²) in [5.41, 5.74) is 1.64. The van der Waals surface area contributed by atoms with Crippen LogP contribution in [0, 0.1) is 0 Å². The van der Waals surface area contributed by atoms with Crippen molar-refractivity contribution in [2.45, 2.75) is 0 Å². The van der Waals surface area contributed by atoms with Gasteiger partial charge in [-0.1, -0.05) is 34.5 Å². The highest BCUT2D eigenvalue weighted by atomic mass is 35.5. The predicted octanol–water partition coefficient (Wildman–Crippen LogP) is 2.78. The average Bonchev–Trinajstić information content (AvgIpc) is 2.62. The van der Waals surface area contributed by atoms with Gasteiger partial charge in [0.05, 0.1) is 10.0 Å². The van der Waals surface area contributed by atoms with Crippen molar-refractivity contribution in [3.63, 3.8) is 0 Å². The molecule has 2 aromatic rings. The van der Waals surface area contributed by atoms with E-state index in [-0.39, 0.29) is 0 Å². The number of nitrogens with one attached hydrogen (secondary N) is 1. The normalized spacial score (nSPS) is 10.3. The number of hydrogen-bond acceptors (Lipinski definition) is 2. The molecule has 0 fully saturated rings. The molecule has 13 heavy (non-hydrogen) atoms. The minimum Gasteiger partial charge on any atom is -0.265 e. The molecule has 1 heterocycles. The number of aromatic amines is 1. The van der Waals surface area contributed by atoms with Crippen LogP contribution in [0.15, 0.2) is 24.4 Å². The zero-order chi connectivity index (χ0) is 9.26. The van der Waals surface area contributed by atoms with E-state index < -0.39 is 0 Å². The molecule has 0 unspecified atom stereocenters. The molecule has 0 saturated heterocycles. The molecule has 0 bridgehead atoms. The quantitative estimate of drug-likeness (QED) is 0.792. The molecule has 1 aromatic carbocycles.